The molecule has 0 fully saturated rings. The maximum atomic E-state index is 5.70. The van der Waals surface area contributed by atoms with Crippen molar-refractivity contribution in [3.05, 3.63) is 24.3 Å². The molecule has 0 aliphatic carbocycles. The molecule has 0 aliphatic heterocycles. The van der Waals surface area contributed by atoms with Gasteiger partial charge in [0.1, 0.15) is 13.6 Å². The van der Waals surface area contributed by atoms with Gasteiger partial charge < -0.3 is 14.2 Å². The van der Waals surface area contributed by atoms with Crippen LogP contribution in [0.2, 0.25) is 0 Å². The zero-order chi connectivity index (χ0) is 24.6. The van der Waals surface area contributed by atoms with Gasteiger partial charge in [0.15, 0.2) is 0 Å². The maximum absolute atomic E-state index is 5.70. The summed E-state index contributed by atoms with van der Waals surface area (Å²) in [7, 11) is 0. The Morgan fingerprint density at radius 3 is 1.39 bits per heavy atom. The molecule has 0 aromatic rings. The number of alkyl halides is 2. The second-order valence-electron chi connectivity index (χ2n) is 9.21. The van der Waals surface area contributed by atoms with Crippen molar-refractivity contribution in [3.63, 3.8) is 0 Å². The summed E-state index contributed by atoms with van der Waals surface area (Å²) in [5.74, 6) is 1.17. The number of allylic oxidation sites excluding steroid dienone is 4. The molecule has 3 nitrogen and oxygen atoms in total. The normalized spacial score (nSPS) is 15.9. The Labute approximate surface area is 222 Å². The van der Waals surface area contributed by atoms with E-state index >= 15 is 0 Å². The Morgan fingerprint density at radius 2 is 1.03 bits per heavy atom. The van der Waals surface area contributed by atoms with Crippen LogP contribution < -0.4 is 0 Å². The van der Waals surface area contributed by atoms with Crippen molar-refractivity contribution in [2.75, 3.05) is 26.8 Å². The Kier molecular flexibility index (Phi) is 25.7. The second kappa shape index (κ2) is 25.4. The van der Waals surface area contributed by atoms with Crippen LogP contribution in [0.15, 0.2) is 24.3 Å². The number of halogens is 2. The molecular weight excluding hydrogens is 544 g/mol. The molecule has 0 N–H and O–H groups in total. The zero-order valence-electron chi connectivity index (χ0n) is 21.9. The molecule has 0 saturated carbocycles. The number of ether oxygens (including phenoxy) is 3. The predicted molar refractivity (Wildman–Crippen MR) is 152 cm³/mol. The van der Waals surface area contributed by atoms with Crippen molar-refractivity contribution >= 4 is 31.9 Å². The molecule has 0 aromatic heterocycles. The predicted octanol–water partition coefficient (Wildman–Crippen LogP) is 9.58. The molecule has 33 heavy (non-hydrogen) atoms. The van der Waals surface area contributed by atoms with Gasteiger partial charge in [0.05, 0.1) is 0 Å². The standard InChI is InChI=1S/C28H52Br2O3/c1-5-7-9-11-13-27(17-15-25(3)29)19-21-31-23-33-24-32-22-20-28(18-16-26(4)30)14-12-10-8-6-2/h11-14,25-28H,5-10,15-24H2,1-4H3. The van der Waals surface area contributed by atoms with E-state index in [0.29, 0.717) is 35.1 Å². The average Bonchev–Trinajstić information content (AvgIpc) is 2.78. The van der Waals surface area contributed by atoms with E-state index in [1.165, 1.54) is 64.2 Å². The first kappa shape index (κ1) is 33.3. The van der Waals surface area contributed by atoms with Gasteiger partial charge >= 0.3 is 0 Å². The fourth-order valence-electron chi connectivity index (χ4n) is 3.52. The molecule has 0 heterocycles. The third-order valence-corrected chi connectivity index (χ3v) is 6.65. The van der Waals surface area contributed by atoms with E-state index in [1.807, 2.05) is 0 Å². The summed E-state index contributed by atoms with van der Waals surface area (Å²) in [5, 5.41) is 0. The van der Waals surface area contributed by atoms with E-state index in [9.17, 15) is 0 Å². The fourth-order valence-corrected chi connectivity index (χ4v) is 4.05. The summed E-state index contributed by atoms with van der Waals surface area (Å²) < 4.78 is 16.9. The lowest BCUT2D eigenvalue weighted by atomic mass is 9.98. The molecule has 4 atom stereocenters. The van der Waals surface area contributed by atoms with E-state index in [1.54, 1.807) is 0 Å². The van der Waals surface area contributed by atoms with Crippen molar-refractivity contribution in [1.82, 2.24) is 0 Å². The Hall–Kier alpha value is 0.320. The lowest BCUT2D eigenvalue weighted by Gasteiger charge is -2.15. The minimum absolute atomic E-state index is 0.308. The molecule has 0 rings (SSSR count). The highest BCUT2D eigenvalue weighted by Gasteiger charge is 2.08. The fraction of sp³-hybridized carbons (Fsp3) is 0.857. The first-order chi connectivity index (χ1) is 16.0. The highest BCUT2D eigenvalue weighted by Crippen LogP contribution is 2.19. The summed E-state index contributed by atoms with van der Waals surface area (Å²) in [4.78, 5) is 1.14. The van der Waals surface area contributed by atoms with Crippen molar-refractivity contribution in [3.8, 4) is 0 Å². The van der Waals surface area contributed by atoms with Crippen LogP contribution in [0, 0.1) is 11.8 Å². The van der Waals surface area contributed by atoms with Crippen molar-refractivity contribution in [2.45, 2.75) is 114 Å². The van der Waals surface area contributed by atoms with Gasteiger partial charge in [-0.1, -0.05) is 110 Å². The van der Waals surface area contributed by atoms with Crippen LogP contribution in [0.1, 0.15) is 105 Å². The van der Waals surface area contributed by atoms with Crippen LogP contribution >= 0.6 is 31.9 Å². The van der Waals surface area contributed by atoms with Gasteiger partial charge in [-0.05, 0) is 63.2 Å². The highest BCUT2D eigenvalue weighted by molar-refractivity contribution is 9.09. The molecule has 0 aliphatic rings. The molecule has 196 valence electrons. The maximum Gasteiger partial charge on any atom is 0.149 e. The van der Waals surface area contributed by atoms with Crippen LogP contribution in [0.25, 0.3) is 0 Å². The Bertz CT molecular complexity index is 412. The summed E-state index contributed by atoms with van der Waals surface area (Å²) in [6.45, 7) is 11.0. The van der Waals surface area contributed by atoms with Crippen molar-refractivity contribution in [2.24, 2.45) is 11.8 Å². The van der Waals surface area contributed by atoms with Gasteiger partial charge in [0.2, 0.25) is 0 Å². The molecule has 0 spiro atoms. The molecule has 0 saturated heterocycles. The number of hydrogen-bond donors (Lipinski definition) is 0. The van der Waals surface area contributed by atoms with Crippen LogP contribution in [0.5, 0.6) is 0 Å². The van der Waals surface area contributed by atoms with Crippen molar-refractivity contribution in [1.29, 1.82) is 0 Å². The quantitative estimate of drug-likeness (QED) is 0.0481. The van der Waals surface area contributed by atoms with Gasteiger partial charge in [0, 0.05) is 22.9 Å². The third kappa shape index (κ3) is 25.2. The Balaban J connectivity index is 3.96. The number of rotatable bonds is 24. The molecule has 5 heteroatoms. The monoisotopic (exact) mass is 594 g/mol. The number of hydrogen-bond acceptors (Lipinski definition) is 3. The van der Waals surface area contributed by atoms with Gasteiger partial charge in [-0.15, -0.1) is 0 Å². The molecule has 0 amide bonds. The molecule has 0 bridgehead atoms. The lowest BCUT2D eigenvalue weighted by molar-refractivity contribution is -0.133. The molecule has 4 unspecified atom stereocenters. The second-order valence-corrected chi connectivity index (χ2v) is 12.3. The van der Waals surface area contributed by atoms with Gasteiger partial charge in [-0.3, -0.25) is 0 Å². The van der Waals surface area contributed by atoms with Gasteiger partial charge in [-0.25, -0.2) is 0 Å². The average molecular weight is 597 g/mol. The lowest BCUT2D eigenvalue weighted by Crippen LogP contribution is -2.10. The molecule has 0 radical (unpaired) electrons. The van der Waals surface area contributed by atoms with E-state index in [4.69, 9.17) is 14.2 Å². The largest absolute Gasteiger partial charge is 0.355 e. The first-order valence-corrected chi connectivity index (χ1v) is 15.2. The van der Waals surface area contributed by atoms with Crippen molar-refractivity contribution < 1.29 is 14.2 Å². The third-order valence-electron chi connectivity index (χ3n) is 5.73. The zero-order valence-corrected chi connectivity index (χ0v) is 25.1. The summed E-state index contributed by atoms with van der Waals surface area (Å²) >= 11 is 7.33. The van der Waals surface area contributed by atoms with Crippen LogP contribution in [0.3, 0.4) is 0 Å². The highest BCUT2D eigenvalue weighted by atomic mass is 79.9. The SMILES string of the molecule is CCCCC=CC(CCOCOCOCCC(C=CCCCC)CCC(C)Br)CCC(C)Br. The summed E-state index contributed by atoms with van der Waals surface area (Å²) in [5.41, 5.74) is 0. The van der Waals surface area contributed by atoms with Crippen LogP contribution in [-0.4, -0.2) is 36.5 Å². The minimum Gasteiger partial charge on any atom is -0.355 e. The summed E-state index contributed by atoms with van der Waals surface area (Å²) in [6.07, 6.45) is 23.8. The van der Waals surface area contributed by atoms with Crippen LogP contribution in [-0.2, 0) is 14.2 Å². The van der Waals surface area contributed by atoms with E-state index in [-0.39, 0.29) is 0 Å². The molecular formula is C28H52Br2O3. The minimum atomic E-state index is 0.308. The van der Waals surface area contributed by atoms with E-state index in [2.05, 4.69) is 83.9 Å². The first-order valence-electron chi connectivity index (χ1n) is 13.3. The van der Waals surface area contributed by atoms with E-state index in [0.717, 1.165) is 26.1 Å². The summed E-state index contributed by atoms with van der Waals surface area (Å²) in [6, 6.07) is 0. The van der Waals surface area contributed by atoms with Gasteiger partial charge in [-0.2, -0.15) is 0 Å². The Morgan fingerprint density at radius 1 is 0.606 bits per heavy atom. The van der Waals surface area contributed by atoms with Crippen LogP contribution in [0.4, 0.5) is 0 Å². The van der Waals surface area contributed by atoms with Gasteiger partial charge in [0.25, 0.3) is 0 Å². The topological polar surface area (TPSA) is 27.7 Å². The smallest absolute Gasteiger partial charge is 0.149 e. The van der Waals surface area contributed by atoms with E-state index < -0.39 is 0 Å². The number of unbranched alkanes of at least 4 members (excludes halogenated alkanes) is 4. The molecule has 0 aromatic carbocycles.